The van der Waals surface area contributed by atoms with E-state index in [2.05, 4.69) is 4.98 Å². The van der Waals surface area contributed by atoms with Gasteiger partial charge in [-0.2, -0.15) is 0 Å². The highest BCUT2D eigenvalue weighted by Crippen LogP contribution is 2.41. The minimum Gasteiger partial charge on any atom is -0.496 e. The fraction of sp³-hybridized carbons (Fsp3) is 0.217. The second-order valence-corrected chi connectivity index (χ2v) is 6.69. The smallest absolute Gasteiger partial charge is 0.340 e. The maximum Gasteiger partial charge on any atom is 0.340 e. The lowest BCUT2D eigenvalue weighted by molar-refractivity contribution is 0.0473. The average Bonchev–Trinajstić information content (AvgIpc) is 3.58. The maximum atomic E-state index is 12.8. The minimum atomic E-state index is -0.380. The van der Waals surface area contributed by atoms with Crippen molar-refractivity contribution in [3.05, 3.63) is 83.7 Å². The van der Waals surface area contributed by atoms with Gasteiger partial charge in [0, 0.05) is 28.9 Å². The third-order valence-corrected chi connectivity index (χ3v) is 4.75. The van der Waals surface area contributed by atoms with Gasteiger partial charge in [0.15, 0.2) is 0 Å². The lowest BCUT2D eigenvalue weighted by Gasteiger charge is -2.14. The van der Waals surface area contributed by atoms with Crippen LogP contribution in [0, 0.1) is 0 Å². The van der Waals surface area contributed by atoms with Crippen LogP contribution >= 0.6 is 0 Å². The number of esters is 1. The molecule has 2 aromatic carbocycles. The van der Waals surface area contributed by atoms with Crippen molar-refractivity contribution in [3.63, 3.8) is 0 Å². The van der Waals surface area contributed by atoms with Crippen LogP contribution in [0.4, 0.5) is 0 Å². The summed E-state index contributed by atoms with van der Waals surface area (Å²) in [5.74, 6) is 0.838. The van der Waals surface area contributed by atoms with Gasteiger partial charge in [0.2, 0.25) is 0 Å². The second-order valence-electron chi connectivity index (χ2n) is 6.69. The molecule has 1 aliphatic carbocycles. The van der Waals surface area contributed by atoms with Crippen LogP contribution in [0.2, 0.25) is 0 Å². The first-order valence-corrected chi connectivity index (χ1v) is 9.10. The average molecular weight is 359 g/mol. The van der Waals surface area contributed by atoms with Crippen molar-refractivity contribution < 1.29 is 14.3 Å². The van der Waals surface area contributed by atoms with E-state index < -0.39 is 0 Å². The summed E-state index contributed by atoms with van der Waals surface area (Å²) in [5, 5.41) is 0. The van der Waals surface area contributed by atoms with Crippen LogP contribution in [0.15, 0.2) is 66.9 Å². The molecular weight excluding hydrogens is 338 g/mol. The van der Waals surface area contributed by atoms with Crippen LogP contribution in [0.1, 0.15) is 40.4 Å². The Bertz CT molecular complexity index is 949. The number of hydrogen-bond donors (Lipinski definition) is 0. The van der Waals surface area contributed by atoms with Gasteiger partial charge in [0.05, 0.1) is 12.7 Å². The zero-order chi connectivity index (χ0) is 18.6. The van der Waals surface area contributed by atoms with Crippen molar-refractivity contribution in [1.82, 2.24) is 4.98 Å². The molecule has 27 heavy (non-hydrogen) atoms. The minimum absolute atomic E-state index is 0.232. The predicted octanol–water partition coefficient (Wildman–Crippen LogP) is 4.99. The number of para-hydroxylation sites is 1. The molecule has 0 N–H and O–H groups in total. The first kappa shape index (κ1) is 17.3. The topological polar surface area (TPSA) is 48.4 Å². The van der Waals surface area contributed by atoms with Gasteiger partial charge in [-0.3, -0.25) is 4.98 Å². The summed E-state index contributed by atoms with van der Waals surface area (Å²) in [4.78, 5) is 17.3. The Morgan fingerprint density at radius 1 is 1.04 bits per heavy atom. The molecule has 1 fully saturated rings. The zero-order valence-electron chi connectivity index (χ0n) is 15.2. The summed E-state index contributed by atoms with van der Waals surface area (Å²) in [6.45, 7) is 0.232. The molecule has 0 aliphatic heterocycles. The maximum absolute atomic E-state index is 12.8. The molecule has 1 saturated carbocycles. The molecule has 1 aliphatic rings. The number of hydrogen-bond acceptors (Lipinski definition) is 4. The molecule has 4 nitrogen and oxygen atoms in total. The monoisotopic (exact) mass is 359 g/mol. The Hall–Kier alpha value is -3.14. The summed E-state index contributed by atoms with van der Waals surface area (Å²) >= 11 is 0. The summed E-state index contributed by atoms with van der Waals surface area (Å²) in [6.07, 6.45) is 3.94. The fourth-order valence-corrected chi connectivity index (χ4v) is 3.13. The molecule has 0 bridgehead atoms. The fourth-order valence-electron chi connectivity index (χ4n) is 3.13. The van der Waals surface area contributed by atoms with E-state index >= 15 is 0 Å². The lowest BCUT2D eigenvalue weighted by Crippen LogP contribution is -2.09. The number of benzene rings is 2. The standard InChI is InChI=1S/C23H21NO3/c1-26-22-10-6-5-9-18(22)19-13-21(17-11-12-17)24-14-20(19)23(25)27-15-16-7-3-2-4-8-16/h2-10,13-14,17H,11-12,15H2,1H3. The van der Waals surface area contributed by atoms with Crippen LogP contribution in [0.5, 0.6) is 5.75 Å². The number of methoxy groups -OCH3 is 1. The zero-order valence-corrected chi connectivity index (χ0v) is 15.2. The van der Waals surface area contributed by atoms with E-state index in [0.29, 0.717) is 11.5 Å². The molecule has 3 aromatic rings. The third-order valence-electron chi connectivity index (χ3n) is 4.75. The molecule has 0 amide bonds. The van der Waals surface area contributed by atoms with Gasteiger partial charge in [-0.15, -0.1) is 0 Å². The predicted molar refractivity (Wildman–Crippen MR) is 104 cm³/mol. The quantitative estimate of drug-likeness (QED) is 0.582. The largest absolute Gasteiger partial charge is 0.496 e. The Balaban J connectivity index is 1.68. The van der Waals surface area contributed by atoms with E-state index in [1.54, 1.807) is 13.3 Å². The second kappa shape index (κ2) is 7.62. The highest BCUT2D eigenvalue weighted by molar-refractivity contribution is 5.98. The number of pyridine rings is 1. The van der Waals surface area contributed by atoms with Crippen molar-refractivity contribution in [2.45, 2.75) is 25.4 Å². The van der Waals surface area contributed by atoms with Crippen molar-refractivity contribution >= 4 is 5.97 Å². The number of nitrogens with zero attached hydrogens (tertiary/aromatic N) is 1. The van der Waals surface area contributed by atoms with E-state index in [1.165, 1.54) is 0 Å². The SMILES string of the molecule is COc1ccccc1-c1cc(C2CC2)ncc1C(=O)OCc1ccccc1. The first-order valence-electron chi connectivity index (χ1n) is 9.10. The van der Waals surface area contributed by atoms with Gasteiger partial charge < -0.3 is 9.47 Å². The molecule has 136 valence electrons. The van der Waals surface area contributed by atoms with Gasteiger partial charge in [-0.05, 0) is 30.5 Å². The van der Waals surface area contributed by atoms with Gasteiger partial charge in [-0.25, -0.2) is 4.79 Å². The molecule has 1 aromatic heterocycles. The van der Waals surface area contributed by atoms with Crippen molar-refractivity contribution in [3.8, 4) is 16.9 Å². The lowest BCUT2D eigenvalue weighted by atomic mass is 9.98. The van der Waals surface area contributed by atoms with E-state index in [9.17, 15) is 4.79 Å². The first-order chi connectivity index (χ1) is 13.3. The van der Waals surface area contributed by atoms with Crippen LogP contribution in [0.3, 0.4) is 0 Å². The number of rotatable bonds is 6. The number of aromatic nitrogens is 1. The number of ether oxygens (including phenoxy) is 2. The Kier molecular flexibility index (Phi) is 4.88. The molecule has 0 spiro atoms. The van der Waals surface area contributed by atoms with Gasteiger partial charge in [0.25, 0.3) is 0 Å². The Labute approximate surface area is 158 Å². The Morgan fingerprint density at radius 3 is 2.52 bits per heavy atom. The van der Waals surface area contributed by atoms with Crippen molar-refractivity contribution in [1.29, 1.82) is 0 Å². The van der Waals surface area contributed by atoms with E-state index in [0.717, 1.165) is 41.0 Å². The van der Waals surface area contributed by atoms with Gasteiger partial charge >= 0.3 is 5.97 Å². The molecule has 4 rings (SSSR count). The number of carbonyl (C=O) groups excluding carboxylic acids is 1. The van der Waals surface area contributed by atoms with Gasteiger partial charge in [-0.1, -0.05) is 48.5 Å². The highest BCUT2D eigenvalue weighted by atomic mass is 16.5. The van der Waals surface area contributed by atoms with E-state index in [-0.39, 0.29) is 12.6 Å². The third kappa shape index (κ3) is 3.85. The van der Waals surface area contributed by atoms with Crippen LogP contribution in [-0.2, 0) is 11.3 Å². The highest BCUT2D eigenvalue weighted by Gasteiger charge is 2.27. The Morgan fingerprint density at radius 2 is 1.78 bits per heavy atom. The molecule has 1 heterocycles. The normalized spacial score (nSPS) is 13.2. The van der Waals surface area contributed by atoms with Gasteiger partial charge in [0.1, 0.15) is 12.4 Å². The number of carbonyl (C=O) groups is 1. The molecule has 0 saturated heterocycles. The van der Waals surface area contributed by atoms with E-state index in [4.69, 9.17) is 9.47 Å². The summed E-state index contributed by atoms with van der Waals surface area (Å²) in [6, 6.07) is 19.4. The van der Waals surface area contributed by atoms with Crippen LogP contribution in [-0.4, -0.2) is 18.1 Å². The van der Waals surface area contributed by atoms with Crippen LogP contribution < -0.4 is 4.74 Å². The molecule has 0 atom stereocenters. The molecular formula is C23H21NO3. The van der Waals surface area contributed by atoms with Crippen molar-refractivity contribution in [2.75, 3.05) is 7.11 Å². The van der Waals surface area contributed by atoms with Crippen LogP contribution in [0.25, 0.3) is 11.1 Å². The summed E-state index contributed by atoms with van der Waals surface area (Å²) < 4.78 is 11.1. The molecule has 0 radical (unpaired) electrons. The summed E-state index contributed by atoms with van der Waals surface area (Å²) in [5.41, 5.74) is 4.11. The molecule has 4 heteroatoms. The summed E-state index contributed by atoms with van der Waals surface area (Å²) in [7, 11) is 1.63. The van der Waals surface area contributed by atoms with Crippen molar-refractivity contribution in [2.24, 2.45) is 0 Å². The van der Waals surface area contributed by atoms with E-state index in [1.807, 2.05) is 60.7 Å². The molecule has 0 unspecified atom stereocenters.